The number of nitrogens with zero attached hydrogens (tertiary/aromatic N) is 2. The summed E-state index contributed by atoms with van der Waals surface area (Å²) in [5.41, 5.74) is 2.87. The topological polar surface area (TPSA) is 60.7 Å². The van der Waals surface area contributed by atoms with Gasteiger partial charge in [0.05, 0.1) is 11.6 Å². The highest BCUT2D eigenvalue weighted by Crippen LogP contribution is 2.34. The first-order valence-electron chi connectivity index (χ1n) is 9.60. The fourth-order valence-corrected chi connectivity index (χ4v) is 3.89. The Morgan fingerprint density at radius 1 is 1.14 bits per heavy atom. The molecule has 1 aliphatic rings. The predicted octanol–water partition coefficient (Wildman–Crippen LogP) is 4.65. The third-order valence-corrected chi connectivity index (χ3v) is 5.21. The van der Waals surface area contributed by atoms with Crippen LogP contribution < -0.4 is 0 Å². The van der Waals surface area contributed by atoms with Crippen LogP contribution in [0.3, 0.4) is 0 Å². The molecule has 1 unspecified atom stereocenters. The largest absolute Gasteiger partial charge is 0.462 e. The molecule has 0 fully saturated rings. The van der Waals surface area contributed by atoms with Gasteiger partial charge in [0.1, 0.15) is 5.92 Å². The summed E-state index contributed by atoms with van der Waals surface area (Å²) in [4.78, 5) is 30.8. The fourth-order valence-electron chi connectivity index (χ4n) is 3.76. The van der Waals surface area contributed by atoms with Crippen LogP contribution in [0.1, 0.15) is 41.4 Å². The highest BCUT2D eigenvalue weighted by Gasteiger charge is 2.33. The van der Waals surface area contributed by atoms with Crippen LogP contribution >= 0.6 is 11.6 Å². The van der Waals surface area contributed by atoms with Crippen molar-refractivity contribution < 1.29 is 14.3 Å². The van der Waals surface area contributed by atoms with Gasteiger partial charge >= 0.3 is 5.97 Å². The van der Waals surface area contributed by atoms with Crippen molar-refractivity contribution >= 4 is 40.6 Å². The number of fused-ring (bicyclic) bond motifs is 3. The lowest BCUT2D eigenvalue weighted by Gasteiger charge is -2.17. The summed E-state index contributed by atoms with van der Waals surface area (Å²) in [6.07, 6.45) is 2.01. The normalized spacial score (nSPS) is 15.9. The van der Waals surface area contributed by atoms with Crippen LogP contribution in [0.5, 0.6) is 0 Å². The Bertz CT molecular complexity index is 1110. The Labute approximate surface area is 174 Å². The van der Waals surface area contributed by atoms with E-state index in [9.17, 15) is 9.59 Å². The summed E-state index contributed by atoms with van der Waals surface area (Å²) in [6, 6.07) is 14.5. The molecule has 0 N–H and O–H groups in total. The van der Waals surface area contributed by atoms with E-state index in [2.05, 4.69) is 4.99 Å². The average molecular weight is 409 g/mol. The van der Waals surface area contributed by atoms with E-state index in [4.69, 9.17) is 16.3 Å². The second-order valence-corrected chi connectivity index (χ2v) is 7.73. The molecule has 1 atom stereocenters. The van der Waals surface area contributed by atoms with Crippen LogP contribution in [0.15, 0.2) is 53.5 Å². The molecule has 1 aromatic heterocycles. The second-order valence-electron chi connectivity index (χ2n) is 7.30. The number of hydrogen-bond donors (Lipinski definition) is 0. The molecule has 1 aliphatic heterocycles. The molecule has 29 heavy (non-hydrogen) atoms. The van der Waals surface area contributed by atoms with Gasteiger partial charge in [-0.05, 0) is 56.2 Å². The van der Waals surface area contributed by atoms with Crippen molar-refractivity contribution in [3.05, 3.63) is 70.4 Å². The van der Waals surface area contributed by atoms with Gasteiger partial charge in [0.15, 0.2) is 0 Å². The van der Waals surface area contributed by atoms with E-state index in [0.29, 0.717) is 29.2 Å². The van der Waals surface area contributed by atoms with Gasteiger partial charge in [-0.1, -0.05) is 29.8 Å². The van der Waals surface area contributed by atoms with Gasteiger partial charge in [-0.2, -0.15) is 0 Å². The maximum Gasteiger partial charge on any atom is 0.320 e. The third kappa shape index (κ3) is 3.58. The third-order valence-electron chi connectivity index (χ3n) is 4.96. The maximum atomic E-state index is 13.5. The number of hydrogen-bond acceptors (Lipinski definition) is 4. The molecule has 0 bridgehead atoms. The first kappa shape index (κ1) is 19.4. The van der Waals surface area contributed by atoms with Crippen LogP contribution in [0.2, 0.25) is 5.02 Å². The SMILES string of the molecule is CC(C)OC(=O)C1C=NCCc2c1n(C(=O)c1ccc(Cl)cc1)c1ccccc21. The van der Waals surface area contributed by atoms with Gasteiger partial charge in [0, 0.05) is 34.4 Å². The van der Waals surface area contributed by atoms with E-state index in [1.54, 1.807) is 48.9 Å². The number of para-hydroxylation sites is 1. The first-order valence-corrected chi connectivity index (χ1v) is 9.98. The second kappa shape index (κ2) is 7.84. The van der Waals surface area contributed by atoms with E-state index in [1.165, 1.54) is 0 Å². The van der Waals surface area contributed by atoms with Crippen LogP contribution in [-0.4, -0.2) is 35.3 Å². The summed E-state index contributed by atoms with van der Waals surface area (Å²) in [7, 11) is 0. The van der Waals surface area contributed by atoms with E-state index in [1.807, 2.05) is 24.3 Å². The van der Waals surface area contributed by atoms with E-state index in [-0.39, 0.29) is 12.0 Å². The van der Waals surface area contributed by atoms with E-state index < -0.39 is 11.9 Å². The summed E-state index contributed by atoms with van der Waals surface area (Å²) in [6.45, 7) is 4.17. The Balaban J connectivity index is 1.95. The highest BCUT2D eigenvalue weighted by atomic mass is 35.5. The highest BCUT2D eigenvalue weighted by molar-refractivity contribution is 6.30. The first-order chi connectivity index (χ1) is 14.0. The lowest BCUT2D eigenvalue weighted by Crippen LogP contribution is -2.26. The minimum absolute atomic E-state index is 0.211. The monoisotopic (exact) mass is 408 g/mol. The zero-order chi connectivity index (χ0) is 20.5. The Morgan fingerprint density at radius 3 is 2.59 bits per heavy atom. The summed E-state index contributed by atoms with van der Waals surface area (Å²) in [5, 5.41) is 1.51. The number of ether oxygens (including phenoxy) is 1. The van der Waals surface area contributed by atoms with E-state index in [0.717, 1.165) is 16.5 Å². The van der Waals surface area contributed by atoms with Crippen molar-refractivity contribution in [3.63, 3.8) is 0 Å². The molecule has 6 heteroatoms. The van der Waals surface area contributed by atoms with Crippen LogP contribution in [-0.2, 0) is 16.0 Å². The van der Waals surface area contributed by atoms with Gasteiger partial charge in [-0.15, -0.1) is 0 Å². The molecule has 3 aromatic rings. The molecule has 0 spiro atoms. The molecule has 4 rings (SSSR count). The van der Waals surface area contributed by atoms with Crippen molar-refractivity contribution in [1.29, 1.82) is 0 Å². The molecule has 5 nitrogen and oxygen atoms in total. The molecule has 2 aromatic carbocycles. The number of carbonyl (C=O) groups is 2. The lowest BCUT2D eigenvalue weighted by atomic mass is 9.99. The standard InChI is InChI=1S/C23H21ClN2O3/c1-14(2)29-23(28)19-13-25-12-11-18-17-5-3-4-6-20(17)26(21(18)19)22(27)15-7-9-16(24)10-8-15/h3-10,13-14,19H,11-12H2,1-2H3. The van der Waals surface area contributed by atoms with Crippen molar-refractivity contribution in [2.75, 3.05) is 6.54 Å². The number of carbonyl (C=O) groups excluding carboxylic acids is 2. The number of halogens is 1. The zero-order valence-electron chi connectivity index (χ0n) is 16.3. The minimum Gasteiger partial charge on any atom is -0.462 e. The number of rotatable bonds is 3. The summed E-state index contributed by atoms with van der Waals surface area (Å²) < 4.78 is 7.12. The molecular formula is C23H21ClN2O3. The number of aromatic nitrogens is 1. The van der Waals surface area contributed by atoms with Gasteiger partial charge in [0.25, 0.3) is 5.91 Å². The van der Waals surface area contributed by atoms with E-state index >= 15 is 0 Å². The van der Waals surface area contributed by atoms with Crippen LogP contribution in [0.4, 0.5) is 0 Å². The lowest BCUT2D eigenvalue weighted by molar-refractivity contribution is -0.147. The van der Waals surface area contributed by atoms with Gasteiger partial charge in [0.2, 0.25) is 0 Å². The predicted molar refractivity (Wildman–Crippen MR) is 114 cm³/mol. The summed E-state index contributed by atoms with van der Waals surface area (Å²) >= 11 is 5.99. The zero-order valence-corrected chi connectivity index (χ0v) is 17.0. The van der Waals surface area contributed by atoms with Crippen molar-refractivity contribution in [1.82, 2.24) is 4.57 Å². The molecule has 0 saturated heterocycles. The van der Waals surface area contributed by atoms with Crippen molar-refractivity contribution in [2.24, 2.45) is 4.99 Å². The quantitative estimate of drug-likeness (QED) is 0.593. The molecule has 0 amide bonds. The molecule has 2 heterocycles. The Kier molecular flexibility index (Phi) is 5.24. The molecule has 0 aliphatic carbocycles. The van der Waals surface area contributed by atoms with Crippen LogP contribution in [0.25, 0.3) is 10.9 Å². The van der Waals surface area contributed by atoms with Crippen LogP contribution in [0, 0.1) is 0 Å². The van der Waals surface area contributed by atoms with Crippen molar-refractivity contribution in [3.8, 4) is 0 Å². The number of esters is 1. The van der Waals surface area contributed by atoms with Gasteiger partial charge in [-0.25, -0.2) is 0 Å². The molecular weight excluding hydrogens is 388 g/mol. The average Bonchev–Trinajstić information content (AvgIpc) is 2.86. The molecule has 0 radical (unpaired) electrons. The minimum atomic E-state index is -0.737. The number of benzene rings is 2. The summed E-state index contributed by atoms with van der Waals surface area (Å²) in [5.74, 6) is -1.35. The number of aliphatic imine (C=N–C) groups is 1. The Morgan fingerprint density at radius 2 is 1.86 bits per heavy atom. The van der Waals surface area contributed by atoms with Gasteiger partial charge in [-0.3, -0.25) is 19.1 Å². The maximum absolute atomic E-state index is 13.5. The smallest absolute Gasteiger partial charge is 0.320 e. The molecule has 0 saturated carbocycles. The fraction of sp³-hybridized carbons (Fsp3) is 0.261. The van der Waals surface area contributed by atoms with Gasteiger partial charge < -0.3 is 4.74 Å². The Hall–Kier alpha value is -2.92. The van der Waals surface area contributed by atoms with Crippen molar-refractivity contribution in [2.45, 2.75) is 32.3 Å². The molecule has 148 valence electrons.